The first-order valence-electron chi connectivity index (χ1n) is 6.25. The van der Waals surface area contributed by atoms with Crippen molar-refractivity contribution in [2.24, 2.45) is 11.7 Å². The first-order chi connectivity index (χ1) is 8.10. The molecule has 3 nitrogen and oxygen atoms in total. The number of nitrogens with one attached hydrogen (secondary N) is 1. The van der Waals surface area contributed by atoms with Crippen molar-refractivity contribution < 1.29 is 4.79 Å². The molecule has 1 aromatic rings. The van der Waals surface area contributed by atoms with Gasteiger partial charge in [-0.1, -0.05) is 32.0 Å². The average Bonchev–Trinajstić information content (AvgIpc) is 2.31. The highest BCUT2D eigenvalue weighted by atomic mass is 16.1. The minimum absolute atomic E-state index is 0.0757. The van der Waals surface area contributed by atoms with Gasteiger partial charge < -0.3 is 11.1 Å². The van der Waals surface area contributed by atoms with Gasteiger partial charge in [0.15, 0.2) is 0 Å². The van der Waals surface area contributed by atoms with Gasteiger partial charge in [0.1, 0.15) is 0 Å². The van der Waals surface area contributed by atoms with Crippen molar-refractivity contribution >= 4 is 11.6 Å². The minimum Gasteiger partial charge on any atom is -0.326 e. The summed E-state index contributed by atoms with van der Waals surface area (Å²) in [6.07, 6.45) is 1.73. The number of rotatable bonds is 5. The first-order valence-corrected chi connectivity index (χ1v) is 6.25. The Hall–Kier alpha value is -1.35. The van der Waals surface area contributed by atoms with E-state index >= 15 is 0 Å². The standard InChI is InChI=1S/C14H22N2O/c1-4-11(5-2)14(17)16-13-9-7-6-8-12(13)10(3)15/h6-11H,4-5,15H2,1-3H3,(H,16,17). The van der Waals surface area contributed by atoms with Crippen molar-refractivity contribution in [1.29, 1.82) is 0 Å². The molecule has 0 aliphatic carbocycles. The molecule has 0 fully saturated rings. The summed E-state index contributed by atoms with van der Waals surface area (Å²) in [4.78, 5) is 12.0. The van der Waals surface area contributed by atoms with Gasteiger partial charge in [-0.25, -0.2) is 0 Å². The van der Waals surface area contributed by atoms with Gasteiger partial charge >= 0.3 is 0 Å². The molecular weight excluding hydrogens is 212 g/mol. The van der Waals surface area contributed by atoms with Gasteiger partial charge in [0.25, 0.3) is 0 Å². The lowest BCUT2D eigenvalue weighted by molar-refractivity contribution is -0.120. The number of hydrogen-bond donors (Lipinski definition) is 2. The van der Waals surface area contributed by atoms with Crippen LogP contribution in [-0.2, 0) is 4.79 Å². The normalized spacial score (nSPS) is 12.5. The van der Waals surface area contributed by atoms with Gasteiger partial charge in [0.2, 0.25) is 5.91 Å². The first kappa shape index (κ1) is 13.7. The third-order valence-electron chi connectivity index (χ3n) is 3.07. The topological polar surface area (TPSA) is 55.1 Å². The van der Waals surface area contributed by atoms with Crippen LogP contribution in [0, 0.1) is 5.92 Å². The van der Waals surface area contributed by atoms with Crippen molar-refractivity contribution in [3.05, 3.63) is 29.8 Å². The van der Waals surface area contributed by atoms with Crippen LogP contribution < -0.4 is 11.1 Å². The predicted molar refractivity (Wildman–Crippen MR) is 71.7 cm³/mol. The van der Waals surface area contributed by atoms with Crippen LogP contribution in [0.15, 0.2) is 24.3 Å². The number of carbonyl (C=O) groups excluding carboxylic acids is 1. The SMILES string of the molecule is CCC(CC)C(=O)Nc1ccccc1C(C)N. The van der Waals surface area contributed by atoms with E-state index in [1.807, 2.05) is 45.0 Å². The van der Waals surface area contributed by atoms with Crippen molar-refractivity contribution in [1.82, 2.24) is 0 Å². The summed E-state index contributed by atoms with van der Waals surface area (Å²) in [7, 11) is 0. The fourth-order valence-corrected chi connectivity index (χ4v) is 1.90. The Morgan fingerprint density at radius 2 is 1.88 bits per heavy atom. The van der Waals surface area contributed by atoms with Crippen molar-refractivity contribution in [3.8, 4) is 0 Å². The molecule has 0 heterocycles. The molecule has 0 saturated carbocycles. The second kappa shape index (κ2) is 6.40. The molecule has 0 aliphatic heterocycles. The summed E-state index contributed by atoms with van der Waals surface area (Å²) in [6, 6.07) is 7.62. The zero-order valence-electron chi connectivity index (χ0n) is 10.9. The lowest BCUT2D eigenvalue weighted by atomic mass is 10.0. The molecule has 1 atom stereocenters. The van der Waals surface area contributed by atoms with Crippen LogP contribution in [0.25, 0.3) is 0 Å². The molecular formula is C14H22N2O. The Kier molecular flexibility index (Phi) is 5.16. The fourth-order valence-electron chi connectivity index (χ4n) is 1.90. The Labute approximate surface area is 103 Å². The van der Waals surface area contributed by atoms with Crippen molar-refractivity contribution in [3.63, 3.8) is 0 Å². The number of anilines is 1. The van der Waals surface area contributed by atoms with E-state index < -0.39 is 0 Å². The van der Waals surface area contributed by atoms with E-state index in [0.29, 0.717) is 0 Å². The molecule has 0 bridgehead atoms. The van der Waals surface area contributed by atoms with Gasteiger partial charge in [0.05, 0.1) is 0 Å². The molecule has 1 unspecified atom stereocenters. The third kappa shape index (κ3) is 3.56. The van der Waals surface area contributed by atoms with E-state index in [4.69, 9.17) is 5.73 Å². The van der Waals surface area contributed by atoms with E-state index in [-0.39, 0.29) is 17.9 Å². The van der Waals surface area contributed by atoms with Gasteiger partial charge in [-0.2, -0.15) is 0 Å². The van der Waals surface area contributed by atoms with Crippen LogP contribution >= 0.6 is 0 Å². The van der Waals surface area contributed by atoms with E-state index in [1.165, 1.54) is 0 Å². The molecule has 94 valence electrons. The van der Waals surface area contributed by atoms with Gasteiger partial charge in [0, 0.05) is 17.6 Å². The lowest BCUT2D eigenvalue weighted by Crippen LogP contribution is -2.23. The van der Waals surface area contributed by atoms with Gasteiger partial charge in [-0.15, -0.1) is 0 Å². The second-order valence-corrected chi connectivity index (χ2v) is 4.38. The zero-order valence-corrected chi connectivity index (χ0v) is 10.9. The minimum atomic E-state index is -0.0757. The summed E-state index contributed by atoms with van der Waals surface area (Å²) < 4.78 is 0. The molecule has 3 N–H and O–H groups in total. The van der Waals surface area contributed by atoms with Gasteiger partial charge in [-0.05, 0) is 31.4 Å². The van der Waals surface area contributed by atoms with Crippen LogP contribution in [0.3, 0.4) is 0 Å². The number of benzene rings is 1. The zero-order chi connectivity index (χ0) is 12.8. The third-order valence-corrected chi connectivity index (χ3v) is 3.07. The van der Waals surface area contributed by atoms with Crippen LogP contribution in [0.2, 0.25) is 0 Å². The van der Waals surface area contributed by atoms with E-state index in [9.17, 15) is 4.79 Å². The molecule has 17 heavy (non-hydrogen) atoms. The van der Waals surface area contributed by atoms with Crippen molar-refractivity contribution in [2.75, 3.05) is 5.32 Å². The highest BCUT2D eigenvalue weighted by Crippen LogP contribution is 2.22. The van der Waals surface area contributed by atoms with Crippen molar-refractivity contribution in [2.45, 2.75) is 39.7 Å². The largest absolute Gasteiger partial charge is 0.326 e. The number of nitrogens with two attached hydrogens (primary N) is 1. The molecule has 0 spiro atoms. The smallest absolute Gasteiger partial charge is 0.227 e. The highest BCUT2D eigenvalue weighted by Gasteiger charge is 2.16. The molecule has 0 aliphatic rings. The monoisotopic (exact) mass is 234 g/mol. The fraction of sp³-hybridized carbons (Fsp3) is 0.500. The Balaban J connectivity index is 2.84. The maximum Gasteiger partial charge on any atom is 0.227 e. The molecule has 1 amide bonds. The van der Waals surface area contributed by atoms with E-state index in [0.717, 1.165) is 24.1 Å². The Bertz CT molecular complexity index is 370. The van der Waals surface area contributed by atoms with Crippen LogP contribution in [0.5, 0.6) is 0 Å². The van der Waals surface area contributed by atoms with E-state index in [2.05, 4.69) is 5.32 Å². The highest BCUT2D eigenvalue weighted by molar-refractivity contribution is 5.93. The summed E-state index contributed by atoms with van der Waals surface area (Å²) in [6.45, 7) is 5.98. The maximum absolute atomic E-state index is 12.0. The summed E-state index contributed by atoms with van der Waals surface area (Å²) in [5.41, 5.74) is 7.69. The van der Waals surface area contributed by atoms with Crippen LogP contribution in [0.4, 0.5) is 5.69 Å². The molecule has 3 heteroatoms. The molecule has 0 saturated heterocycles. The molecule has 1 rings (SSSR count). The lowest BCUT2D eigenvalue weighted by Gasteiger charge is -2.17. The number of para-hydroxylation sites is 1. The summed E-state index contributed by atoms with van der Waals surface area (Å²) in [5.74, 6) is 0.166. The summed E-state index contributed by atoms with van der Waals surface area (Å²) in [5, 5.41) is 2.97. The quantitative estimate of drug-likeness (QED) is 0.822. The summed E-state index contributed by atoms with van der Waals surface area (Å²) >= 11 is 0. The average molecular weight is 234 g/mol. The molecule has 0 aromatic heterocycles. The number of hydrogen-bond acceptors (Lipinski definition) is 2. The number of amides is 1. The van der Waals surface area contributed by atoms with Crippen LogP contribution in [-0.4, -0.2) is 5.91 Å². The predicted octanol–water partition coefficient (Wildman–Crippen LogP) is 3.08. The number of carbonyl (C=O) groups is 1. The van der Waals surface area contributed by atoms with E-state index in [1.54, 1.807) is 0 Å². The second-order valence-electron chi connectivity index (χ2n) is 4.38. The van der Waals surface area contributed by atoms with Gasteiger partial charge in [-0.3, -0.25) is 4.79 Å². The Morgan fingerprint density at radius 1 is 1.29 bits per heavy atom. The Morgan fingerprint density at radius 3 is 2.41 bits per heavy atom. The molecule has 0 radical (unpaired) electrons. The van der Waals surface area contributed by atoms with Crippen LogP contribution in [0.1, 0.15) is 45.2 Å². The molecule has 1 aromatic carbocycles. The maximum atomic E-state index is 12.0.